The van der Waals surface area contributed by atoms with Crippen LogP contribution in [-0.4, -0.2) is 21.3 Å². The van der Waals surface area contributed by atoms with Gasteiger partial charge in [-0.2, -0.15) is 0 Å². The molecule has 4 nitrogen and oxygen atoms in total. The van der Waals surface area contributed by atoms with Crippen molar-refractivity contribution in [1.29, 1.82) is 0 Å². The molecule has 0 saturated carbocycles. The molecule has 0 saturated heterocycles. The van der Waals surface area contributed by atoms with Gasteiger partial charge in [0.05, 0.1) is 0 Å². The number of aromatic nitrogens is 3. The van der Waals surface area contributed by atoms with Gasteiger partial charge in [0.2, 0.25) is 5.95 Å². The molecule has 2 heterocycles. The van der Waals surface area contributed by atoms with E-state index in [0.717, 1.165) is 31.3 Å². The molecule has 1 N–H and O–H groups in total. The van der Waals surface area contributed by atoms with Crippen molar-refractivity contribution in [2.45, 2.75) is 26.8 Å². The predicted molar refractivity (Wildman–Crippen MR) is 67.0 cm³/mol. The van der Waals surface area contributed by atoms with Crippen molar-refractivity contribution in [3.63, 3.8) is 0 Å². The van der Waals surface area contributed by atoms with Gasteiger partial charge >= 0.3 is 0 Å². The van der Waals surface area contributed by atoms with Crippen molar-refractivity contribution in [2.24, 2.45) is 0 Å². The zero-order valence-electron chi connectivity index (χ0n) is 9.60. The Bertz CT molecular complexity index is 433. The monoisotopic (exact) mass is 236 g/mol. The van der Waals surface area contributed by atoms with Gasteiger partial charge in [-0.3, -0.25) is 4.57 Å². The normalized spacial score (nSPS) is 10.6. The zero-order valence-corrected chi connectivity index (χ0v) is 10.4. The fourth-order valence-electron chi connectivity index (χ4n) is 1.66. The van der Waals surface area contributed by atoms with Gasteiger partial charge in [-0.1, -0.05) is 6.07 Å². The minimum atomic E-state index is 0.865. The maximum Gasteiger partial charge on any atom is 0.224 e. The van der Waals surface area contributed by atoms with E-state index in [4.69, 9.17) is 0 Å². The highest BCUT2D eigenvalue weighted by molar-refractivity contribution is 7.09. The van der Waals surface area contributed by atoms with Crippen molar-refractivity contribution < 1.29 is 0 Å². The summed E-state index contributed by atoms with van der Waals surface area (Å²) in [6, 6.07) is 4.20. The largest absolute Gasteiger partial charge is 0.355 e. The lowest BCUT2D eigenvalue weighted by molar-refractivity contribution is 0.718. The van der Waals surface area contributed by atoms with E-state index >= 15 is 0 Å². The van der Waals surface area contributed by atoms with E-state index in [0.29, 0.717) is 0 Å². The lowest BCUT2D eigenvalue weighted by Crippen LogP contribution is -2.08. The molecule has 0 aliphatic heterocycles. The number of anilines is 1. The number of rotatable bonds is 5. The topological polar surface area (TPSA) is 42.7 Å². The zero-order chi connectivity index (χ0) is 11.4. The molecule has 0 spiro atoms. The molecule has 86 valence electrons. The van der Waals surface area contributed by atoms with Crippen LogP contribution in [0.4, 0.5) is 5.95 Å². The molecule has 2 aromatic heterocycles. The number of hydrogen-bond donors (Lipinski definition) is 1. The van der Waals surface area contributed by atoms with E-state index < -0.39 is 0 Å². The lowest BCUT2D eigenvalue weighted by Gasteiger charge is -2.06. The molecule has 16 heavy (non-hydrogen) atoms. The first-order valence-electron chi connectivity index (χ1n) is 5.53. The molecule has 0 aliphatic carbocycles. The van der Waals surface area contributed by atoms with Crippen LogP contribution in [0.1, 0.15) is 24.5 Å². The fourth-order valence-corrected chi connectivity index (χ4v) is 2.36. The predicted octanol–water partition coefficient (Wildman–Crippen LogP) is 2.38. The van der Waals surface area contributed by atoms with Crippen LogP contribution >= 0.6 is 11.3 Å². The second-order valence-corrected chi connectivity index (χ2v) is 4.50. The van der Waals surface area contributed by atoms with Crippen molar-refractivity contribution in [3.8, 4) is 0 Å². The average molecular weight is 236 g/mol. The smallest absolute Gasteiger partial charge is 0.224 e. The van der Waals surface area contributed by atoms with Gasteiger partial charge < -0.3 is 5.32 Å². The van der Waals surface area contributed by atoms with Gasteiger partial charge in [-0.15, -0.1) is 21.5 Å². The molecule has 0 fully saturated rings. The van der Waals surface area contributed by atoms with Crippen molar-refractivity contribution in [1.82, 2.24) is 14.8 Å². The summed E-state index contributed by atoms with van der Waals surface area (Å²) in [5, 5.41) is 13.7. The molecule has 0 atom stereocenters. The standard InChI is InChI=1S/C11H16N4S/c1-3-12-11-14-13-10(15(11)4-2)8-9-6-5-7-16-9/h5-7H,3-4,8H2,1-2H3,(H,12,14). The molecular formula is C11H16N4S. The third kappa shape index (κ3) is 2.24. The Morgan fingerprint density at radius 3 is 2.88 bits per heavy atom. The summed E-state index contributed by atoms with van der Waals surface area (Å²) in [4.78, 5) is 1.32. The van der Waals surface area contributed by atoms with Crippen molar-refractivity contribution in [3.05, 3.63) is 28.2 Å². The highest BCUT2D eigenvalue weighted by atomic mass is 32.1. The Morgan fingerprint density at radius 2 is 2.25 bits per heavy atom. The van der Waals surface area contributed by atoms with Crippen LogP contribution in [0.25, 0.3) is 0 Å². The molecule has 0 amide bonds. The fraction of sp³-hybridized carbons (Fsp3) is 0.455. The first-order chi connectivity index (χ1) is 7.85. The molecule has 0 unspecified atom stereocenters. The van der Waals surface area contributed by atoms with Crippen LogP contribution in [-0.2, 0) is 13.0 Å². The van der Waals surface area contributed by atoms with Crippen LogP contribution in [0.2, 0.25) is 0 Å². The minimum absolute atomic E-state index is 0.865. The summed E-state index contributed by atoms with van der Waals surface area (Å²) in [5.74, 6) is 1.90. The summed E-state index contributed by atoms with van der Waals surface area (Å²) >= 11 is 1.76. The van der Waals surface area contributed by atoms with E-state index in [2.05, 4.69) is 51.4 Å². The van der Waals surface area contributed by atoms with Crippen LogP contribution < -0.4 is 5.32 Å². The summed E-state index contributed by atoms with van der Waals surface area (Å²) in [5.41, 5.74) is 0. The van der Waals surface area contributed by atoms with E-state index in [1.165, 1.54) is 4.88 Å². The Kier molecular flexibility index (Phi) is 3.56. The summed E-state index contributed by atoms with van der Waals surface area (Å²) in [7, 11) is 0. The average Bonchev–Trinajstić information content (AvgIpc) is 2.90. The van der Waals surface area contributed by atoms with Gasteiger partial charge in [-0.25, -0.2) is 0 Å². The molecule has 0 radical (unpaired) electrons. The van der Waals surface area contributed by atoms with Crippen LogP contribution in [0.15, 0.2) is 17.5 Å². The molecule has 2 rings (SSSR count). The second kappa shape index (κ2) is 5.12. The highest BCUT2D eigenvalue weighted by Gasteiger charge is 2.10. The van der Waals surface area contributed by atoms with Gasteiger partial charge in [-0.05, 0) is 25.3 Å². The van der Waals surface area contributed by atoms with Gasteiger partial charge in [0.15, 0.2) is 0 Å². The Balaban J connectivity index is 2.20. The van der Waals surface area contributed by atoms with Crippen molar-refractivity contribution in [2.75, 3.05) is 11.9 Å². The third-order valence-corrected chi connectivity index (χ3v) is 3.27. The van der Waals surface area contributed by atoms with E-state index in [9.17, 15) is 0 Å². The van der Waals surface area contributed by atoms with Gasteiger partial charge in [0.25, 0.3) is 0 Å². The van der Waals surface area contributed by atoms with Gasteiger partial charge in [0, 0.05) is 24.4 Å². The SMILES string of the molecule is CCNc1nnc(Cc2cccs2)n1CC. The molecule has 0 bridgehead atoms. The summed E-state index contributed by atoms with van der Waals surface area (Å²) in [6.07, 6.45) is 0.865. The molecule has 2 aromatic rings. The maximum absolute atomic E-state index is 4.24. The number of hydrogen-bond acceptors (Lipinski definition) is 4. The third-order valence-electron chi connectivity index (χ3n) is 2.39. The molecule has 0 aliphatic rings. The van der Waals surface area contributed by atoms with Crippen LogP contribution in [0.3, 0.4) is 0 Å². The first kappa shape index (κ1) is 11.1. The molecule has 0 aromatic carbocycles. The van der Waals surface area contributed by atoms with E-state index in [1.54, 1.807) is 11.3 Å². The summed E-state index contributed by atoms with van der Waals surface area (Å²) in [6.45, 7) is 5.95. The minimum Gasteiger partial charge on any atom is -0.355 e. The first-order valence-corrected chi connectivity index (χ1v) is 6.41. The molecular weight excluding hydrogens is 220 g/mol. The van der Waals surface area contributed by atoms with Crippen LogP contribution in [0, 0.1) is 0 Å². The lowest BCUT2D eigenvalue weighted by atomic mass is 10.3. The highest BCUT2D eigenvalue weighted by Crippen LogP contribution is 2.16. The van der Waals surface area contributed by atoms with E-state index in [-0.39, 0.29) is 0 Å². The Morgan fingerprint density at radius 1 is 1.38 bits per heavy atom. The summed E-state index contributed by atoms with van der Waals surface area (Å²) < 4.78 is 2.13. The van der Waals surface area contributed by atoms with Crippen LogP contribution in [0.5, 0.6) is 0 Å². The maximum atomic E-state index is 4.24. The number of nitrogens with one attached hydrogen (secondary N) is 1. The second-order valence-electron chi connectivity index (χ2n) is 3.47. The van der Waals surface area contributed by atoms with Crippen molar-refractivity contribution >= 4 is 17.3 Å². The number of thiophene rings is 1. The Hall–Kier alpha value is -1.36. The van der Waals surface area contributed by atoms with Gasteiger partial charge in [0.1, 0.15) is 5.82 Å². The Labute approximate surface area is 99.3 Å². The number of nitrogens with zero attached hydrogens (tertiary/aromatic N) is 3. The van der Waals surface area contributed by atoms with E-state index in [1.807, 2.05) is 0 Å². The quantitative estimate of drug-likeness (QED) is 0.866. The molecule has 5 heteroatoms.